The van der Waals surface area contributed by atoms with Gasteiger partial charge in [-0.2, -0.15) is 0 Å². The van der Waals surface area contributed by atoms with Crippen LogP contribution in [0.3, 0.4) is 0 Å². The molecule has 0 fully saturated rings. The van der Waals surface area contributed by atoms with Gasteiger partial charge in [0.2, 0.25) is 0 Å². The van der Waals surface area contributed by atoms with Crippen molar-refractivity contribution in [3.8, 4) is 0 Å². The van der Waals surface area contributed by atoms with E-state index < -0.39 is 6.10 Å². The lowest BCUT2D eigenvalue weighted by Gasteiger charge is -2.12. The third kappa shape index (κ3) is 6.09. The molecule has 0 saturated heterocycles. The summed E-state index contributed by atoms with van der Waals surface area (Å²) in [5, 5.41) is 16.6. The van der Waals surface area contributed by atoms with Crippen molar-refractivity contribution in [2.24, 2.45) is 0 Å². The topological polar surface area (TPSA) is 79.3 Å². The lowest BCUT2D eigenvalue weighted by atomic mass is 10.2. The minimum Gasteiger partial charge on any atom is -0.391 e. The number of anilines is 2. The van der Waals surface area contributed by atoms with Gasteiger partial charge in [0.15, 0.2) is 5.16 Å². The SMILES string of the molecule is CCNc1cc(NCCC(O)COC)nc(SC)n1. The van der Waals surface area contributed by atoms with Crippen molar-refractivity contribution in [3.05, 3.63) is 6.07 Å². The largest absolute Gasteiger partial charge is 0.391 e. The van der Waals surface area contributed by atoms with Gasteiger partial charge in [0, 0.05) is 26.3 Å². The molecule has 108 valence electrons. The third-order valence-electron chi connectivity index (χ3n) is 2.39. The second-order valence-corrected chi connectivity index (χ2v) is 4.75. The predicted molar refractivity (Wildman–Crippen MR) is 79.0 cm³/mol. The molecule has 0 aromatic carbocycles. The van der Waals surface area contributed by atoms with Gasteiger partial charge in [-0.15, -0.1) is 0 Å². The van der Waals surface area contributed by atoms with E-state index in [-0.39, 0.29) is 0 Å². The van der Waals surface area contributed by atoms with E-state index in [1.807, 2.05) is 19.2 Å². The van der Waals surface area contributed by atoms with Crippen LogP contribution in [0.4, 0.5) is 11.6 Å². The van der Waals surface area contributed by atoms with Crippen LogP contribution in [0.1, 0.15) is 13.3 Å². The maximum absolute atomic E-state index is 9.55. The lowest BCUT2D eigenvalue weighted by molar-refractivity contribution is 0.0615. The number of aliphatic hydroxyl groups is 1. The zero-order chi connectivity index (χ0) is 14.1. The van der Waals surface area contributed by atoms with Gasteiger partial charge in [0.25, 0.3) is 0 Å². The molecule has 0 saturated carbocycles. The van der Waals surface area contributed by atoms with Gasteiger partial charge in [0.1, 0.15) is 11.6 Å². The van der Waals surface area contributed by atoms with E-state index in [9.17, 15) is 5.11 Å². The summed E-state index contributed by atoms with van der Waals surface area (Å²) in [7, 11) is 1.58. The summed E-state index contributed by atoms with van der Waals surface area (Å²) in [6, 6.07) is 1.87. The van der Waals surface area contributed by atoms with Gasteiger partial charge in [0.05, 0.1) is 12.7 Å². The van der Waals surface area contributed by atoms with Crippen molar-refractivity contribution in [3.63, 3.8) is 0 Å². The van der Waals surface area contributed by atoms with E-state index in [4.69, 9.17) is 4.74 Å². The predicted octanol–water partition coefficient (Wildman–Crippen LogP) is 1.44. The first-order chi connectivity index (χ1) is 9.19. The van der Waals surface area contributed by atoms with Crippen LogP contribution in [0.25, 0.3) is 0 Å². The molecule has 1 aromatic rings. The van der Waals surface area contributed by atoms with Crippen molar-refractivity contribution >= 4 is 23.4 Å². The number of thioether (sulfide) groups is 1. The van der Waals surface area contributed by atoms with Crippen LogP contribution in [-0.2, 0) is 4.74 Å². The standard InChI is InChI=1S/C12H22N4O2S/c1-4-13-10-7-11(16-12(15-10)19-3)14-6-5-9(17)8-18-2/h7,9,17H,4-6,8H2,1-3H3,(H2,13,14,15,16). The molecule has 1 rings (SSSR count). The Morgan fingerprint density at radius 3 is 2.63 bits per heavy atom. The molecule has 0 bridgehead atoms. The highest BCUT2D eigenvalue weighted by molar-refractivity contribution is 7.98. The molecule has 6 nitrogen and oxygen atoms in total. The Hall–Kier alpha value is -1.05. The first kappa shape index (κ1) is 16.0. The summed E-state index contributed by atoms with van der Waals surface area (Å²) in [5.74, 6) is 1.57. The summed E-state index contributed by atoms with van der Waals surface area (Å²) < 4.78 is 4.88. The number of aromatic nitrogens is 2. The Morgan fingerprint density at radius 1 is 1.37 bits per heavy atom. The van der Waals surface area contributed by atoms with E-state index >= 15 is 0 Å². The summed E-state index contributed by atoms with van der Waals surface area (Å²) >= 11 is 1.50. The molecule has 0 radical (unpaired) electrons. The summed E-state index contributed by atoms with van der Waals surface area (Å²) in [4.78, 5) is 8.71. The first-order valence-corrected chi connectivity index (χ1v) is 7.49. The Balaban J connectivity index is 2.54. The summed E-state index contributed by atoms with van der Waals surface area (Å²) in [6.07, 6.45) is 2.10. The smallest absolute Gasteiger partial charge is 0.191 e. The quantitative estimate of drug-likeness (QED) is 0.468. The molecule has 0 aliphatic rings. The van der Waals surface area contributed by atoms with Gasteiger partial charge in [-0.3, -0.25) is 0 Å². The number of rotatable bonds is 9. The maximum Gasteiger partial charge on any atom is 0.191 e. The highest BCUT2D eigenvalue weighted by Crippen LogP contribution is 2.17. The number of ether oxygens (including phenoxy) is 1. The van der Waals surface area contributed by atoms with Crippen LogP contribution < -0.4 is 10.6 Å². The molecular weight excluding hydrogens is 264 g/mol. The molecule has 3 N–H and O–H groups in total. The zero-order valence-corrected chi connectivity index (χ0v) is 12.5. The number of hydrogen-bond donors (Lipinski definition) is 3. The van der Waals surface area contributed by atoms with E-state index in [2.05, 4.69) is 20.6 Å². The number of nitrogens with one attached hydrogen (secondary N) is 2. The zero-order valence-electron chi connectivity index (χ0n) is 11.6. The number of methoxy groups -OCH3 is 1. The minimum atomic E-state index is -0.451. The van der Waals surface area contributed by atoms with Gasteiger partial charge in [-0.05, 0) is 19.6 Å². The molecule has 0 aliphatic heterocycles. The maximum atomic E-state index is 9.55. The van der Waals surface area contributed by atoms with Gasteiger partial charge < -0.3 is 20.5 Å². The van der Waals surface area contributed by atoms with Gasteiger partial charge in [-0.1, -0.05) is 11.8 Å². The van der Waals surface area contributed by atoms with Crippen LogP contribution in [-0.4, -0.2) is 54.2 Å². The molecule has 0 aliphatic carbocycles. The monoisotopic (exact) mass is 286 g/mol. The highest BCUT2D eigenvalue weighted by atomic mass is 32.2. The molecule has 0 amide bonds. The average Bonchev–Trinajstić information content (AvgIpc) is 2.39. The van der Waals surface area contributed by atoms with Crippen molar-refractivity contribution in [1.29, 1.82) is 0 Å². The lowest BCUT2D eigenvalue weighted by Crippen LogP contribution is -2.18. The van der Waals surface area contributed by atoms with Gasteiger partial charge >= 0.3 is 0 Å². The second-order valence-electron chi connectivity index (χ2n) is 3.98. The van der Waals surface area contributed by atoms with Crippen molar-refractivity contribution < 1.29 is 9.84 Å². The van der Waals surface area contributed by atoms with E-state index in [1.54, 1.807) is 7.11 Å². The molecule has 0 spiro atoms. The van der Waals surface area contributed by atoms with E-state index in [1.165, 1.54) is 11.8 Å². The normalized spacial score (nSPS) is 12.2. The van der Waals surface area contributed by atoms with Crippen LogP contribution in [0.15, 0.2) is 11.2 Å². The highest BCUT2D eigenvalue weighted by Gasteiger charge is 2.05. The van der Waals surface area contributed by atoms with Crippen molar-refractivity contribution in [2.45, 2.75) is 24.6 Å². The molecular formula is C12H22N4O2S. The summed E-state index contributed by atoms with van der Waals surface area (Å²) in [6.45, 7) is 3.83. The van der Waals surface area contributed by atoms with Crippen LogP contribution >= 0.6 is 11.8 Å². The third-order valence-corrected chi connectivity index (χ3v) is 2.94. The molecule has 19 heavy (non-hydrogen) atoms. The number of nitrogens with zero attached hydrogens (tertiary/aromatic N) is 2. The molecule has 7 heteroatoms. The fourth-order valence-corrected chi connectivity index (χ4v) is 1.90. The number of hydrogen-bond acceptors (Lipinski definition) is 7. The van der Waals surface area contributed by atoms with E-state index in [0.29, 0.717) is 19.6 Å². The van der Waals surface area contributed by atoms with Gasteiger partial charge in [-0.25, -0.2) is 9.97 Å². The van der Waals surface area contributed by atoms with Crippen LogP contribution in [0, 0.1) is 0 Å². The Kier molecular flexibility index (Phi) is 7.54. The van der Waals surface area contributed by atoms with Crippen LogP contribution in [0.5, 0.6) is 0 Å². The Labute approximate surface area is 118 Å². The van der Waals surface area contributed by atoms with E-state index in [0.717, 1.165) is 23.3 Å². The van der Waals surface area contributed by atoms with Crippen molar-refractivity contribution in [2.75, 3.05) is 43.7 Å². The first-order valence-electron chi connectivity index (χ1n) is 6.27. The second kappa shape index (κ2) is 8.95. The molecule has 1 atom stereocenters. The molecule has 1 heterocycles. The molecule has 1 aromatic heterocycles. The fraction of sp³-hybridized carbons (Fsp3) is 0.667. The molecule has 1 unspecified atom stereocenters. The minimum absolute atomic E-state index is 0.351. The Morgan fingerprint density at radius 2 is 2.05 bits per heavy atom. The number of aliphatic hydroxyl groups excluding tert-OH is 1. The summed E-state index contributed by atoms with van der Waals surface area (Å²) in [5.41, 5.74) is 0. The van der Waals surface area contributed by atoms with Crippen LogP contribution in [0.2, 0.25) is 0 Å². The Bertz CT molecular complexity index is 379. The average molecular weight is 286 g/mol. The fourth-order valence-electron chi connectivity index (χ4n) is 1.52. The van der Waals surface area contributed by atoms with Crippen molar-refractivity contribution in [1.82, 2.24) is 9.97 Å².